The smallest absolute Gasteiger partial charge is 0.298 e. The number of ether oxygens (including phenoxy) is 1. The molecule has 0 amide bonds. The molecule has 0 aliphatic heterocycles. The molecule has 16 heavy (non-hydrogen) atoms. The zero-order valence-electron chi connectivity index (χ0n) is 8.88. The largest absolute Gasteiger partial charge is 0.430 e. The van der Waals surface area contributed by atoms with E-state index in [2.05, 4.69) is 9.36 Å². The Bertz CT molecular complexity index is 453. The first-order chi connectivity index (χ1) is 7.81. The fraction of sp³-hybridized carbons (Fsp3) is 0.273. The molecule has 0 spiro atoms. The van der Waals surface area contributed by atoms with E-state index < -0.39 is 0 Å². The highest BCUT2D eigenvalue weighted by Gasteiger charge is 2.04. The molecule has 1 heterocycles. The Morgan fingerprint density at radius 1 is 1.31 bits per heavy atom. The highest BCUT2D eigenvalue weighted by Crippen LogP contribution is 2.23. The van der Waals surface area contributed by atoms with Gasteiger partial charge in [0.25, 0.3) is 5.19 Å². The maximum atomic E-state index is 8.89. The monoisotopic (exact) mass is 236 g/mol. The van der Waals surface area contributed by atoms with E-state index in [4.69, 9.17) is 9.84 Å². The lowest BCUT2D eigenvalue weighted by molar-refractivity contribution is 0.281. The van der Waals surface area contributed by atoms with Crippen molar-refractivity contribution in [2.45, 2.75) is 20.0 Å². The molecule has 1 aromatic carbocycles. The van der Waals surface area contributed by atoms with Crippen LogP contribution in [-0.2, 0) is 13.0 Å². The van der Waals surface area contributed by atoms with Gasteiger partial charge in [-0.3, -0.25) is 0 Å². The number of aromatic nitrogens is 2. The van der Waals surface area contributed by atoms with Crippen molar-refractivity contribution >= 4 is 11.5 Å². The highest BCUT2D eigenvalue weighted by atomic mass is 32.1. The molecule has 0 fully saturated rings. The van der Waals surface area contributed by atoms with Crippen molar-refractivity contribution in [2.24, 2.45) is 0 Å². The standard InChI is InChI=1S/C11H12N2O2S/c1-2-10-12-11(16-13-10)15-9-5-3-8(7-14)4-6-9/h3-6,14H,2,7H2,1H3. The van der Waals surface area contributed by atoms with E-state index in [-0.39, 0.29) is 6.61 Å². The molecule has 0 bridgehead atoms. The lowest BCUT2D eigenvalue weighted by Crippen LogP contribution is -1.86. The third kappa shape index (κ3) is 2.56. The summed E-state index contributed by atoms with van der Waals surface area (Å²) in [5.41, 5.74) is 0.860. The van der Waals surface area contributed by atoms with E-state index in [1.807, 2.05) is 19.1 Å². The van der Waals surface area contributed by atoms with Gasteiger partial charge in [-0.15, -0.1) is 0 Å². The Kier molecular flexibility index (Phi) is 3.48. The summed E-state index contributed by atoms with van der Waals surface area (Å²) in [6.07, 6.45) is 0.809. The molecule has 0 saturated carbocycles. The van der Waals surface area contributed by atoms with Crippen LogP contribution >= 0.6 is 11.5 Å². The first-order valence-corrected chi connectivity index (χ1v) is 5.79. The van der Waals surface area contributed by atoms with Crippen LogP contribution in [0.25, 0.3) is 0 Å². The van der Waals surface area contributed by atoms with Gasteiger partial charge in [-0.25, -0.2) is 0 Å². The maximum absolute atomic E-state index is 8.89. The minimum absolute atomic E-state index is 0.0407. The number of hydrogen-bond donors (Lipinski definition) is 1. The molecule has 1 aromatic heterocycles. The van der Waals surface area contributed by atoms with E-state index in [0.29, 0.717) is 10.9 Å². The lowest BCUT2D eigenvalue weighted by atomic mass is 10.2. The summed E-state index contributed by atoms with van der Waals surface area (Å²) in [7, 11) is 0. The van der Waals surface area contributed by atoms with Crippen LogP contribution in [0.3, 0.4) is 0 Å². The fourth-order valence-electron chi connectivity index (χ4n) is 1.19. The van der Waals surface area contributed by atoms with Crippen molar-refractivity contribution in [3.05, 3.63) is 35.7 Å². The first kappa shape index (κ1) is 11.0. The van der Waals surface area contributed by atoms with Gasteiger partial charge in [0.15, 0.2) is 0 Å². The van der Waals surface area contributed by atoms with Gasteiger partial charge in [0.1, 0.15) is 11.6 Å². The number of rotatable bonds is 4. The van der Waals surface area contributed by atoms with Gasteiger partial charge in [-0.1, -0.05) is 19.1 Å². The molecular weight excluding hydrogens is 224 g/mol. The van der Waals surface area contributed by atoms with Crippen LogP contribution in [0.1, 0.15) is 18.3 Å². The molecule has 2 rings (SSSR count). The van der Waals surface area contributed by atoms with E-state index in [0.717, 1.165) is 17.8 Å². The zero-order chi connectivity index (χ0) is 11.4. The van der Waals surface area contributed by atoms with Gasteiger partial charge in [0.05, 0.1) is 6.61 Å². The third-order valence-corrected chi connectivity index (χ3v) is 2.71. The minimum atomic E-state index is 0.0407. The third-order valence-electron chi connectivity index (χ3n) is 2.08. The molecule has 1 N–H and O–H groups in total. The molecule has 0 unspecified atom stereocenters. The van der Waals surface area contributed by atoms with Crippen molar-refractivity contribution in [1.29, 1.82) is 0 Å². The predicted molar refractivity (Wildman–Crippen MR) is 61.7 cm³/mol. The molecule has 84 valence electrons. The van der Waals surface area contributed by atoms with E-state index in [1.54, 1.807) is 12.1 Å². The number of hydrogen-bond acceptors (Lipinski definition) is 5. The minimum Gasteiger partial charge on any atom is -0.430 e. The molecule has 0 saturated heterocycles. The second kappa shape index (κ2) is 5.05. The van der Waals surface area contributed by atoms with Gasteiger partial charge in [-0.2, -0.15) is 9.36 Å². The summed E-state index contributed by atoms with van der Waals surface area (Å²) in [6.45, 7) is 2.04. The summed E-state index contributed by atoms with van der Waals surface area (Å²) in [5.74, 6) is 1.50. The van der Waals surface area contributed by atoms with Crippen molar-refractivity contribution in [3.63, 3.8) is 0 Å². The van der Waals surface area contributed by atoms with Crippen LogP contribution < -0.4 is 4.74 Å². The Hall–Kier alpha value is -1.46. The summed E-state index contributed by atoms with van der Waals surface area (Å²) in [4.78, 5) is 4.20. The Morgan fingerprint density at radius 2 is 2.06 bits per heavy atom. The second-order valence-corrected chi connectivity index (χ2v) is 3.95. The topological polar surface area (TPSA) is 55.2 Å². The van der Waals surface area contributed by atoms with Gasteiger partial charge in [0.2, 0.25) is 0 Å². The number of aliphatic hydroxyl groups is 1. The molecule has 0 aliphatic carbocycles. The lowest BCUT2D eigenvalue weighted by Gasteiger charge is -2.01. The summed E-state index contributed by atoms with van der Waals surface area (Å²) < 4.78 is 9.65. The average molecular weight is 236 g/mol. The normalized spacial score (nSPS) is 10.4. The summed E-state index contributed by atoms with van der Waals surface area (Å²) >= 11 is 1.25. The van der Waals surface area contributed by atoms with Crippen LogP contribution in [0.4, 0.5) is 0 Å². The number of aliphatic hydroxyl groups excluding tert-OH is 1. The van der Waals surface area contributed by atoms with Crippen molar-refractivity contribution < 1.29 is 9.84 Å². The summed E-state index contributed by atoms with van der Waals surface area (Å²) in [6, 6.07) is 7.24. The maximum Gasteiger partial charge on any atom is 0.298 e. The quantitative estimate of drug-likeness (QED) is 0.885. The number of nitrogens with zero attached hydrogens (tertiary/aromatic N) is 2. The molecule has 5 heteroatoms. The average Bonchev–Trinajstić information content (AvgIpc) is 2.78. The SMILES string of the molecule is CCc1nsc(Oc2ccc(CO)cc2)n1. The summed E-state index contributed by atoms with van der Waals surface area (Å²) in [5, 5.41) is 9.44. The molecule has 0 atom stereocenters. The van der Waals surface area contributed by atoms with Crippen LogP contribution in [0.15, 0.2) is 24.3 Å². The van der Waals surface area contributed by atoms with Gasteiger partial charge in [-0.05, 0) is 17.7 Å². The Labute approximate surface area is 97.7 Å². The molecule has 0 radical (unpaired) electrons. The van der Waals surface area contributed by atoms with Crippen LogP contribution in [0, 0.1) is 0 Å². The molecule has 4 nitrogen and oxygen atoms in total. The fourth-order valence-corrected chi connectivity index (χ4v) is 1.82. The van der Waals surface area contributed by atoms with E-state index in [9.17, 15) is 0 Å². The molecular formula is C11H12N2O2S. The van der Waals surface area contributed by atoms with Crippen molar-refractivity contribution in [2.75, 3.05) is 0 Å². The number of aryl methyl sites for hydroxylation is 1. The van der Waals surface area contributed by atoms with Gasteiger partial charge >= 0.3 is 0 Å². The van der Waals surface area contributed by atoms with Crippen LogP contribution in [0.5, 0.6) is 10.9 Å². The Morgan fingerprint density at radius 3 is 2.62 bits per heavy atom. The van der Waals surface area contributed by atoms with E-state index >= 15 is 0 Å². The van der Waals surface area contributed by atoms with E-state index in [1.165, 1.54) is 11.5 Å². The molecule has 0 aliphatic rings. The van der Waals surface area contributed by atoms with Crippen LogP contribution in [-0.4, -0.2) is 14.5 Å². The number of benzene rings is 1. The molecule has 2 aromatic rings. The highest BCUT2D eigenvalue weighted by molar-refractivity contribution is 7.07. The van der Waals surface area contributed by atoms with Crippen molar-refractivity contribution in [3.8, 4) is 10.9 Å². The van der Waals surface area contributed by atoms with Gasteiger partial charge in [0, 0.05) is 18.0 Å². The second-order valence-electron chi connectivity index (χ2n) is 3.23. The van der Waals surface area contributed by atoms with Crippen LogP contribution in [0.2, 0.25) is 0 Å². The Balaban J connectivity index is 2.08. The van der Waals surface area contributed by atoms with Crippen molar-refractivity contribution in [1.82, 2.24) is 9.36 Å². The zero-order valence-corrected chi connectivity index (χ0v) is 9.70. The first-order valence-electron chi connectivity index (χ1n) is 5.02. The predicted octanol–water partition coefficient (Wildman–Crippen LogP) is 2.39. The van der Waals surface area contributed by atoms with Gasteiger partial charge < -0.3 is 9.84 Å².